The Morgan fingerprint density at radius 1 is 1.56 bits per heavy atom. The van der Waals surface area contributed by atoms with Crippen molar-refractivity contribution in [2.45, 2.75) is 25.8 Å². The molecule has 1 aliphatic carbocycles. The molecule has 0 spiro atoms. The van der Waals surface area contributed by atoms with Gasteiger partial charge in [0.1, 0.15) is 0 Å². The van der Waals surface area contributed by atoms with Crippen molar-refractivity contribution >= 4 is 22.9 Å². The molecule has 1 aromatic rings. The highest BCUT2D eigenvalue weighted by Gasteiger charge is 2.42. The zero-order valence-corrected chi connectivity index (χ0v) is 10.9. The fourth-order valence-electron chi connectivity index (χ4n) is 2.07. The molecule has 16 heavy (non-hydrogen) atoms. The number of hydrogen-bond acceptors (Lipinski definition) is 3. The van der Waals surface area contributed by atoms with Crippen LogP contribution in [0.15, 0.2) is 12.1 Å². The monoisotopic (exact) mass is 254 g/mol. The van der Waals surface area contributed by atoms with E-state index in [9.17, 15) is 0 Å². The summed E-state index contributed by atoms with van der Waals surface area (Å²) in [6, 6.07) is 6.32. The van der Waals surface area contributed by atoms with Crippen molar-refractivity contribution in [2.75, 3.05) is 13.6 Å². The van der Waals surface area contributed by atoms with Crippen molar-refractivity contribution in [1.29, 1.82) is 5.26 Å². The molecule has 1 aliphatic rings. The van der Waals surface area contributed by atoms with Gasteiger partial charge in [0.15, 0.2) is 0 Å². The van der Waals surface area contributed by atoms with E-state index in [2.05, 4.69) is 24.1 Å². The average Bonchev–Trinajstić information content (AvgIpc) is 2.82. The lowest BCUT2D eigenvalue weighted by atomic mass is 10.0. The van der Waals surface area contributed by atoms with Crippen LogP contribution in [0.2, 0.25) is 4.34 Å². The Hall–Kier alpha value is -0.560. The molecule has 0 radical (unpaired) electrons. The third-order valence-corrected chi connectivity index (χ3v) is 4.29. The minimum Gasteiger partial charge on any atom is -0.301 e. The lowest BCUT2D eigenvalue weighted by Crippen LogP contribution is -2.25. The van der Waals surface area contributed by atoms with Crippen molar-refractivity contribution in [3.8, 4) is 6.07 Å². The van der Waals surface area contributed by atoms with E-state index < -0.39 is 0 Å². The maximum absolute atomic E-state index is 8.76. The number of thiophene rings is 1. The maximum atomic E-state index is 8.76. The highest BCUT2D eigenvalue weighted by Crippen LogP contribution is 2.49. The van der Waals surface area contributed by atoms with Gasteiger partial charge in [-0.15, -0.1) is 11.3 Å². The quantitative estimate of drug-likeness (QED) is 0.804. The standard InChI is InChI=1S/C12H15ClN2S/c1-15(8-10-2-3-11(13)16-10)9-12(4-5-12)6-7-14/h2-3H,4-6,8-9H2,1H3. The second kappa shape index (κ2) is 4.75. The molecule has 0 aliphatic heterocycles. The summed E-state index contributed by atoms with van der Waals surface area (Å²) in [6.45, 7) is 1.96. The van der Waals surface area contributed by atoms with Gasteiger partial charge in [-0.1, -0.05) is 11.6 Å². The van der Waals surface area contributed by atoms with E-state index in [1.165, 1.54) is 17.7 Å². The smallest absolute Gasteiger partial charge is 0.0931 e. The van der Waals surface area contributed by atoms with Crippen LogP contribution in [-0.2, 0) is 6.54 Å². The fraction of sp³-hybridized carbons (Fsp3) is 0.583. The molecule has 0 unspecified atom stereocenters. The Bertz CT molecular complexity index is 403. The van der Waals surface area contributed by atoms with Crippen molar-refractivity contribution < 1.29 is 0 Å². The van der Waals surface area contributed by atoms with Gasteiger partial charge in [-0.3, -0.25) is 0 Å². The van der Waals surface area contributed by atoms with Crippen molar-refractivity contribution in [1.82, 2.24) is 4.90 Å². The van der Waals surface area contributed by atoms with Crippen LogP contribution in [0.4, 0.5) is 0 Å². The summed E-state index contributed by atoms with van der Waals surface area (Å²) in [7, 11) is 2.12. The van der Waals surface area contributed by atoms with E-state index in [1.54, 1.807) is 11.3 Å². The summed E-state index contributed by atoms with van der Waals surface area (Å²) in [5.74, 6) is 0. The van der Waals surface area contributed by atoms with Gasteiger partial charge < -0.3 is 4.90 Å². The number of hydrogen-bond donors (Lipinski definition) is 0. The number of halogens is 1. The van der Waals surface area contributed by atoms with Crippen LogP contribution in [0.25, 0.3) is 0 Å². The molecule has 1 saturated carbocycles. The predicted molar refractivity (Wildman–Crippen MR) is 67.6 cm³/mol. The third kappa shape index (κ3) is 2.98. The van der Waals surface area contributed by atoms with E-state index in [1.807, 2.05) is 6.07 Å². The molecule has 1 aromatic heterocycles. The summed E-state index contributed by atoms with van der Waals surface area (Å²) in [5, 5.41) is 8.76. The average molecular weight is 255 g/mol. The summed E-state index contributed by atoms with van der Waals surface area (Å²) in [6.07, 6.45) is 3.11. The Morgan fingerprint density at radius 3 is 2.81 bits per heavy atom. The van der Waals surface area contributed by atoms with Crippen molar-refractivity contribution in [2.24, 2.45) is 5.41 Å². The van der Waals surface area contributed by atoms with Crippen LogP contribution in [0, 0.1) is 16.7 Å². The number of rotatable bonds is 5. The molecule has 2 nitrogen and oxygen atoms in total. The second-order valence-corrected chi connectivity index (χ2v) is 6.51. The normalized spacial score (nSPS) is 17.4. The first-order valence-electron chi connectivity index (χ1n) is 5.43. The van der Waals surface area contributed by atoms with Gasteiger partial charge in [0.05, 0.1) is 10.4 Å². The molecule has 1 fully saturated rings. The Morgan fingerprint density at radius 2 is 2.31 bits per heavy atom. The topological polar surface area (TPSA) is 27.0 Å². The SMILES string of the molecule is CN(Cc1ccc(Cl)s1)CC1(CC#N)CC1. The van der Waals surface area contributed by atoms with Crippen LogP contribution in [0.1, 0.15) is 24.1 Å². The molecular weight excluding hydrogens is 240 g/mol. The van der Waals surface area contributed by atoms with Crippen LogP contribution in [0.5, 0.6) is 0 Å². The van der Waals surface area contributed by atoms with E-state index in [-0.39, 0.29) is 0 Å². The van der Waals surface area contributed by atoms with E-state index >= 15 is 0 Å². The molecular formula is C12H15ClN2S. The minimum absolute atomic E-state index is 0.296. The molecule has 0 atom stereocenters. The molecule has 1 heterocycles. The number of nitrogens with zero attached hydrogens (tertiary/aromatic N) is 2. The number of nitriles is 1. The van der Waals surface area contributed by atoms with Gasteiger partial charge in [0.2, 0.25) is 0 Å². The van der Waals surface area contributed by atoms with Gasteiger partial charge in [-0.25, -0.2) is 0 Å². The molecule has 0 bridgehead atoms. The van der Waals surface area contributed by atoms with Crippen molar-refractivity contribution in [3.63, 3.8) is 0 Å². The van der Waals surface area contributed by atoms with Gasteiger partial charge in [0.25, 0.3) is 0 Å². The summed E-state index contributed by atoms with van der Waals surface area (Å²) < 4.78 is 0.849. The van der Waals surface area contributed by atoms with Crippen LogP contribution >= 0.6 is 22.9 Å². The Kier molecular flexibility index (Phi) is 3.53. The maximum Gasteiger partial charge on any atom is 0.0931 e. The molecule has 0 amide bonds. The van der Waals surface area contributed by atoms with Gasteiger partial charge >= 0.3 is 0 Å². The van der Waals surface area contributed by atoms with Gasteiger partial charge in [0, 0.05) is 24.4 Å². The third-order valence-electron chi connectivity index (χ3n) is 3.07. The molecule has 86 valence electrons. The first-order valence-corrected chi connectivity index (χ1v) is 6.63. The van der Waals surface area contributed by atoms with Crippen molar-refractivity contribution in [3.05, 3.63) is 21.3 Å². The molecule has 4 heteroatoms. The molecule has 0 N–H and O–H groups in total. The summed E-state index contributed by atoms with van der Waals surface area (Å²) >= 11 is 7.53. The molecule has 0 aromatic carbocycles. The fourth-order valence-corrected chi connectivity index (χ4v) is 3.23. The summed E-state index contributed by atoms with van der Waals surface area (Å²) in [4.78, 5) is 3.59. The van der Waals surface area contributed by atoms with Gasteiger partial charge in [-0.05, 0) is 37.4 Å². The first-order chi connectivity index (χ1) is 7.63. The molecule has 0 saturated heterocycles. The van der Waals surface area contributed by atoms with Gasteiger partial charge in [-0.2, -0.15) is 5.26 Å². The lowest BCUT2D eigenvalue weighted by molar-refractivity contribution is 0.259. The highest BCUT2D eigenvalue weighted by atomic mass is 35.5. The zero-order valence-electron chi connectivity index (χ0n) is 9.37. The lowest BCUT2D eigenvalue weighted by Gasteiger charge is -2.21. The zero-order chi connectivity index (χ0) is 11.6. The summed E-state index contributed by atoms with van der Waals surface area (Å²) in [5.41, 5.74) is 0.296. The first kappa shape index (κ1) is 11.9. The van der Waals surface area contributed by atoms with Crippen LogP contribution < -0.4 is 0 Å². The Balaban J connectivity index is 1.85. The minimum atomic E-state index is 0.296. The van der Waals surface area contributed by atoms with Crippen LogP contribution in [0.3, 0.4) is 0 Å². The Labute approximate surface area is 105 Å². The predicted octanol–water partition coefficient (Wildman–Crippen LogP) is 3.53. The van der Waals surface area contributed by atoms with E-state index in [0.29, 0.717) is 11.8 Å². The van der Waals surface area contributed by atoms with Crippen LogP contribution in [-0.4, -0.2) is 18.5 Å². The second-order valence-electron chi connectivity index (χ2n) is 4.71. The molecule has 2 rings (SSSR count). The van der Waals surface area contributed by atoms with E-state index in [0.717, 1.165) is 17.4 Å². The largest absolute Gasteiger partial charge is 0.301 e. The van der Waals surface area contributed by atoms with E-state index in [4.69, 9.17) is 16.9 Å². The highest BCUT2D eigenvalue weighted by molar-refractivity contribution is 7.16.